The Balaban J connectivity index is 1.81. The lowest BCUT2D eigenvalue weighted by Crippen LogP contribution is -2.16. The summed E-state index contributed by atoms with van der Waals surface area (Å²) in [6.07, 6.45) is 2.09. The van der Waals surface area contributed by atoms with E-state index in [-0.39, 0.29) is 12.3 Å². The molecule has 1 aromatic carbocycles. The SMILES string of the molecule is CCOC(=O)c1c(NC(=O)Cc2c[nH]c3ccccc23)sc(C)c1C. The van der Waals surface area contributed by atoms with E-state index >= 15 is 0 Å². The third kappa shape index (κ3) is 3.44. The van der Waals surface area contributed by atoms with E-state index in [0.717, 1.165) is 26.9 Å². The van der Waals surface area contributed by atoms with Crippen LogP contribution in [0, 0.1) is 13.8 Å². The number of esters is 1. The minimum Gasteiger partial charge on any atom is -0.462 e. The second-order valence-corrected chi connectivity index (χ2v) is 7.02. The van der Waals surface area contributed by atoms with E-state index < -0.39 is 5.97 Å². The van der Waals surface area contributed by atoms with Crippen molar-refractivity contribution in [3.63, 3.8) is 0 Å². The van der Waals surface area contributed by atoms with Gasteiger partial charge in [-0.1, -0.05) is 18.2 Å². The Hall–Kier alpha value is -2.60. The van der Waals surface area contributed by atoms with Crippen LogP contribution in [0.15, 0.2) is 30.5 Å². The predicted molar refractivity (Wildman–Crippen MR) is 100 cm³/mol. The molecule has 5 nitrogen and oxygen atoms in total. The highest BCUT2D eigenvalue weighted by Gasteiger charge is 2.22. The summed E-state index contributed by atoms with van der Waals surface area (Å²) >= 11 is 1.40. The molecule has 0 aliphatic carbocycles. The molecule has 2 heterocycles. The van der Waals surface area contributed by atoms with Crippen LogP contribution in [0.3, 0.4) is 0 Å². The molecule has 130 valence electrons. The predicted octanol–water partition coefficient (Wildman–Crippen LogP) is 4.20. The van der Waals surface area contributed by atoms with E-state index in [0.29, 0.717) is 17.2 Å². The number of hydrogen-bond acceptors (Lipinski definition) is 4. The van der Waals surface area contributed by atoms with Gasteiger partial charge in [-0.3, -0.25) is 4.79 Å². The number of aromatic amines is 1. The van der Waals surface area contributed by atoms with Crippen molar-refractivity contribution in [2.45, 2.75) is 27.2 Å². The Morgan fingerprint density at radius 1 is 1.24 bits per heavy atom. The number of fused-ring (bicyclic) bond motifs is 1. The van der Waals surface area contributed by atoms with Crippen molar-refractivity contribution in [1.82, 2.24) is 4.98 Å². The molecule has 0 bridgehead atoms. The number of aromatic nitrogens is 1. The van der Waals surface area contributed by atoms with E-state index in [1.807, 2.05) is 44.3 Å². The molecule has 0 unspecified atom stereocenters. The van der Waals surface area contributed by atoms with Gasteiger partial charge in [-0.25, -0.2) is 4.79 Å². The van der Waals surface area contributed by atoms with Crippen LogP contribution < -0.4 is 5.32 Å². The Morgan fingerprint density at radius 3 is 2.76 bits per heavy atom. The van der Waals surface area contributed by atoms with Crippen molar-refractivity contribution >= 4 is 39.1 Å². The molecule has 0 atom stereocenters. The number of aryl methyl sites for hydroxylation is 1. The molecule has 0 saturated carbocycles. The van der Waals surface area contributed by atoms with Gasteiger partial charge < -0.3 is 15.0 Å². The van der Waals surface area contributed by atoms with Gasteiger partial charge in [-0.15, -0.1) is 11.3 Å². The lowest BCUT2D eigenvalue weighted by atomic mass is 10.1. The summed E-state index contributed by atoms with van der Waals surface area (Å²) in [6.45, 7) is 5.86. The fourth-order valence-corrected chi connectivity index (χ4v) is 3.85. The second kappa shape index (κ2) is 7.11. The van der Waals surface area contributed by atoms with Gasteiger partial charge in [0.05, 0.1) is 18.6 Å². The zero-order valence-electron chi connectivity index (χ0n) is 14.4. The summed E-state index contributed by atoms with van der Waals surface area (Å²) in [6, 6.07) is 7.85. The molecule has 0 spiro atoms. The first-order valence-corrected chi connectivity index (χ1v) is 8.94. The molecule has 0 radical (unpaired) electrons. The number of carbonyl (C=O) groups is 2. The van der Waals surface area contributed by atoms with Crippen molar-refractivity contribution in [1.29, 1.82) is 0 Å². The zero-order chi connectivity index (χ0) is 18.0. The number of para-hydroxylation sites is 1. The Kier molecular flexibility index (Phi) is 4.90. The molecule has 0 saturated heterocycles. The van der Waals surface area contributed by atoms with E-state index in [1.165, 1.54) is 11.3 Å². The van der Waals surface area contributed by atoms with Gasteiger partial charge in [0.25, 0.3) is 0 Å². The first kappa shape index (κ1) is 17.2. The molecular weight excluding hydrogens is 336 g/mol. The summed E-state index contributed by atoms with van der Waals surface area (Å²) in [5.74, 6) is -0.553. The largest absolute Gasteiger partial charge is 0.462 e. The first-order valence-electron chi connectivity index (χ1n) is 8.13. The highest BCUT2D eigenvalue weighted by molar-refractivity contribution is 7.16. The Morgan fingerprint density at radius 2 is 2.00 bits per heavy atom. The Labute approximate surface area is 150 Å². The average Bonchev–Trinajstić information content (AvgIpc) is 3.09. The standard InChI is InChI=1S/C19H20N2O3S/c1-4-24-19(23)17-11(2)12(3)25-18(17)21-16(22)9-13-10-20-15-8-6-5-7-14(13)15/h5-8,10,20H,4,9H2,1-3H3,(H,21,22). The molecule has 6 heteroatoms. The van der Waals surface area contributed by atoms with Crippen LogP contribution in [0.1, 0.15) is 33.3 Å². The van der Waals surface area contributed by atoms with E-state index in [9.17, 15) is 9.59 Å². The van der Waals surface area contributed by atoms with Crippen molar-refractivity contribution in [2.24, 2.45) is 0 Å². The average molecular weight is 356 g/mol. The first-order chi connectivity index (χ1) is 12.0. The van der Waals surface area contributed by atoms with Crippen LogP contribution in [0.2, 0.25) is 0 Å². The molecule has 1 amide bonds. The maximum Gasteiger partial charge on any atom is 0.341 e. The maximum atomic E-state index is 12.5. The number of carbonyl (C=O) groups excluding carboxylic acids is 2. The number of anilines is 1. The number of ether oxygens (including phenoxy) is 1. The summed E-state index contributed by atoms with van der Waals surface area (Å²) in [7, 11) is 0. The van der Waals surface area contributed by atoms with Crippen LogP contribution in [0.5, 0.6) is 0 Å². The van der Waals surface area contributed by atoms with Gasteiger partial charge in [0, 0.05) is 22.0 Å². The molecule has 2 aromatic heterocycles. The molecular formula is C19H20N2O3S. The van der Waals surface area contributed by atoms with Gasteiger partial charge in [0.2, 0.25) is 5.91 Å². The second-order valence-electron chi connectivity index (χ2n) is 5.79. The smallest absolute Gasteiger partial charge is 0.341 e. The number of amides is 1. The summed E-state index contributed by atoms with van der Waals surface area (Å²) in [5, 5.41) is 4.46. The fraction of sp³-hybridized carbons (Fsp3) is 0.263. The topological polar surface area (TPSA) is 71.2 Å². The van der Waals surface area contributed by atoms with Crippen molar-refractivity contribution in [2.75, 3.05) is 11.9 Å². The van der Waals surface area contributed by atoms with Gasteiger partial charge in [-0.05, 0) is 38.0 Å². The minimum absolute atomic E-state index is 0.156. The maximum absolute atomic E-state index is 12.5. The van der Waals surface area contributed by atoms with Crippen LogP contribution in [0.4, 0.5) is 5.00 Å². The number of rotatable bonds is 5. The number of nitrogens with one attached hydrogen (secondary N) is 2. The van der Waals surface area contributed by atoms with Crippen LogP contribution >= 0.6 is 11.3 Å². The summed E-state index contributed by atoms with van der Waals surface area (Å²) in [5.41, 5.74) is 3.23. The molecule has 2 N–H and O–H groups in total. The summed E-state index contributed by atoms with van der Waals surface area (Å²) in [4.78, 5) is 28.9. The minimum atomic E-state index is -0.397. The van der Waals surface area contributed by atoms with Gasteiger partial charge >= 0.3 is 5.97 Å². The molecule has 0 aliphatic heterocycles. The highest BCUT2D eigenvalue weighted by atomic mass is 32.1. The quantitative estimate of drug-likeness (QED) is 0.673. The number of thiophene rings is 1. The fourth-order valence-electron chi connectivity index (χ4n) is 2.79. The molecule has 3 rings (SSSR count). The highest BCUT2D eigenvalue weighted by Crippen LogP contribution is 2.33. The van der Waals surface area contributed by atoms with E-state index in [4.69, 9.17) is 4.74 Å². The van der Waals surface area contributed by atoms with Gasteiger partial charge in [0.15, 0.2) is 0 Å². The molecule has 3 aromatic rings. The monoisotopic (exact) mass is 356 g/mol. The normalized spacial score (nSPS) is 10.8. The molecule has 25 heavy (non-hydrogen) atoms. The van der Waals surface area contributed by atoms with Crippen LogP contribution in [0.25, 0.3) is 10.9 Å². The van der Waals surface area contributed by atoms with Crippen molar-refractivity contribution in [3.05, 3.63) is 52.0 Å². The van der Waals surface area contributed by atoms with E-state index in [2.05, 4.69) is 10.3 Å². The molecule has 0 aliphatic rings. The number of benzene rings is 1. The Bertz CT molecular complexity index is 939. The zero-order valence-corrected chi connectivity index (χ0v) is 15.3. The number of hydrogen-bond donors (Lipinski definition) is 2. The van der Waals surface area contributed by atoms with E-state index in [1.54, 1.807) is 6.92 Å². The van der Waals surface area contributed by atoms with Gasteiger partial charge in [-0.2, -0.15) is 0 Å². The van der Waals surface area contributed by atoms with Crippen LogP contribution in [-0.4, -0.2) is 23.5 Å². The summed E-state index contributed by atoms with van der Waals surface area (Å²) < 4.78 is 5.12. The van der Waals surface area contributed by atoms with Gasteiger partial charge in [0.1, 0.15) is 5.00 Å². The lowest BCUT2D eigenvalue weighted by molar-refractivity contribution is -0.115. The number of H-pyrrole nitrogens is 1. The third-order valence-electron chi connectivity index (χ3n) is 4.14. The van der Waals surface area contributed by atoms with Crippen molar-refractivity contribution < 1.29 is 14.3 Å². The lowest BCUT2D eigenvalue weighted by Gasteiger charge is -2.07. The van der Waals surface area contributed by atoms with Crippen molar-refractivity contribution in [3.8, 4) is 0 Å². The van der Waals surface area contributed by atoms with Crippen LogP contribution in [-0.2, 0) is 16.0 Å². The molecule has 0 fully saturated rings. The third-order valence-corrected chi connectivity index (χ3v) is 5.27.